The van der Waals surface area contributed by atoms with Crippen LogP contribution in [0.1, 0.15) is 20.8 Å². The van der Waals surface area contributed by atoms with E-state index in [1.54, 1.807) is 6.20 Å². The predicted octanol–water partition coefficient (Wildman–Crippen LogP) is 0.596. The van der Waals surface area contributed by atoms with Crippen molar-refractivity contribution in [1.29, 1.82) is 0 Å². The lowest BCUT2D eigenvalue weighted by Gasteiger charge is -2.36. The third-order valence-corrected chi connectivity index (χ3v) is 2.78. The molecule has 1 aliphatic rings. The van der Waals surface area contributed by atoms with E-state index < -0.39 is 5.60 Å². The van der Waals surface area contributed by atoms with Crippen LogP contribution in [0.15, 0.2) is 18.6 Å². The average molecular weight is 264 g/mol. The second-order valence-electron chi connectivity index (χ2n) is 5.51. The number of nitrogens with zero attached hydrogens (tertiary/aromatic N) is 3. The van der Waals surface area contributed by atoms with E-state index in [0.29, 0.717) is 6.54 Å². The molecule has 2 rings (SSSR count). The highest BCUT2D eigenvalue weighted by atomic mass is 16.6. The van der Waals surface area contributed by atoms with Crippen LogP contribution >= 0.6 is 0 Å². The predicted molar refractivity (Wildman–Crippen MR) is 71.9 cm³/mol. The number of hydrogen-bond acceptors (Lipinski definition) is 6. The Morgan fingerprint density at radius 2 is 2.32 bits per heavy atom. The van der Waals surface area contributed by atoms with Crippen LogP contribution in [-0.4, -0.2) is 47.2 Å². The van der Waals surface area contributed by atoms with Gasteiger partial charge in [0, 0.05) is 25.8 Å². The molecule has 104 valence electrons. The maximum Gasteiger partial charge on any atom is 0.330 e. The summed E-state index contributed by atoms with van der Waals surface area (Å²) in [5.41, 5.74) is -0.480. The molecular weight excluding hydrogens is 244 g/mol. The van der Waals surface area contributed by atoms with Crippen LogP contribution in [0.2, 0.25) is 0 Å². The van der Waals surface area contributed by atoms with Gasteiger partial charge in [0.05, 0.1) is 0 Å². The highest BCUT2D eigenvalue weighted by Gasteiger charge is 2.33. The summed E-state index contributed by atoms with van der Waals surface area (Å²) in [6.07, 6.45) is 3.17. The Hall–Kier alpha value is -1.69. The second-order valence-corrected chi connectivity index (χ2v) is 5.51. The Bertz CT molecular complexity index is 430. The van der Waals surface area contributed by atoms with E-state index in [9.17, 15) is 4.79 Å². The van der Waals surface area contributed by atoms with Gasteiger partial charge in [0.1, 0.15) is 23.8 Å². The maximum absolute atomic E-state index is 12.3. The molecule has 2 heterocycles. The van der Waals surface area contributed by atoms with Gasteiger partial charge in [0.15, 0.2) is 0 Å². The van der Waals surface area contributed by atoms with Crippen molar-refractivity contribution in [3.63, 3.8) is 0 Å². The number of aromatic nitrogens is 2. The molecule has 0 amide bonds. The van der Waals surface area contributed by atoms with Crippen molar-refractivity contribution in [3.05, 3.63) is 18.6 Å². The molecular formula is C13H20N4O2. The molecule has 1 saturated heterocycles. The smallest absolute Gasteiger partial charge is 0.330 e. The minimum absolute atomic E-state index is 0.224. The zero-order chi connectivity index (χ0) is 13.9. The van der Waals surface area contributed by atoms with Gasteiger partial charge in [-0.15, -0.1) is 0 Å². The lowest BCUT2D eigenvalue weighted by Crippen LogP contribution is -2.56. The topological polar surface area (TPSA) is 67.3 Å². The van der Waals surface area contributed by atoms with Gasteiger partial charge < -0.3 is 15.0 Å². The lowest BCUT2D eigenvalue weighted by molar-refractivity contribution is -0.156. The maximum atomic E-state index is 12.3. The van der Waals surface area contributed by atoms with E-state index in [1.165, 1.54) is 6.33 Å². The Balaban J connectivity index is 2.15. The molecule has 1 unspecified atom stereocenters. The van der Waals surface area contributed by atoms with Crippen molar-refractivity contribution in [2.24, 2.45) is 0 Å². The van der Waals surface area contributed by atoms with Gasteiger partial charge >= 0.3 is 5.97 Å². The van der Waals surface area contributed by atoms with Crippen LogP contribution < -0.4 is 10.2 Å². The Kier molecular flexibility index (Phi) is 3.99. The number of esters is 1. The Morgan fingerprint density at radius 1 is 1.53 bits per heavy atom. The van der Waals surface area contributed by atoms with Crippen LogP contribution in [0.4, 0.5) is 5.82 Å². The molecule has 1 fully saturated rings. The van der Waals surface area contributed by atoms with Crippen molar-refractivity contribution < 1.29 is 9.53 Å². The molecule has 0 bridgehead atoms. The number of rotatable bonds is 2. The fourth-order valence-electron chi connectivity index (χ4n) is 2.01. The second kappa shape index (κ2) is 5.52. The van der Waals surface area contributed by atoms with E-state index in [2.05, 4.69) is 15.3 Å². The largest absolute Gasteiger partial charge is 0.458 e. The number of carbonyl (C=O) groups excluding carboxylic acids is 1. The first kappa shape index (κ1) is 13.7. The monoisotopic (exact) mass is 264 g/mol. The summed E-state index contributed by atoms with van der Waals surface area (Å²) < 4.78 is 5.46. The third-order valence-electron chi connectivity index (χ3n) is 2.78. The molecule has 0 aromatic carbocycles. The molecule has 1 aliphatic heterocycles. The molecule has 0 spiro atoms. The van der Waals surface area contributed by atoms with Gasteiger partial charge in [-0.25, -0.2) is 14.8 Å². The minimum atomic E-state index is -0.480. The van der Waals surface area contributed by atoms with Crippen molar-refractivity contribution in [2.75, 3.05) is 24.5 Å². The van der Waals surface area contributed by atoms with E-state index in [-0.39, 0.29) is 12.0 Å². The molecule has 0 saturated carbocycles. The summed E-state index contributed by atoms with van der Waals surface area (Å²) in [5.74, 6) is 0.533. The number of nitrogens with one attached hydrogen (secondary N) is 1. The number of piperazine rings is 1. The van der Waals surface area contributed by atoms with Crippen LogP contribution in [0.3, 0.4) is 0 Å². The summed E-state index contributed by atoms with van der Waals surface area (Å²) >= 11 is 0. The molecule has 1 aromatic heterocycles. The van der Waals surface area contributed by atoms with Crippen LogP contribution in [-0.2, 0) is 9.53 Å². The minimum Gasteiger partial charge on any atom is -0.458 e. The standard InChI is InChI=1S/C13H20N4O2/c1-13(2,3)19-12(18)10-8-14-6-7-17(10)11-4-5-15-9-16-11/h4-5,9-10,14H,6-8H2,1-3H3. The summed E-state index contributed by atoms with van der Waals surface area (Å²) in [5, 5.41) is 3.22. The SMILES string of the molecule is CC(C)(C)OC(=O)C1CNCCN1c1ccncn1. The normalized spacial score (nSPS) is 20.2. The summed E-state index contributed by atoms with van der Waals surface area (Å²) in [7, 11) is 0. The zero-order valence-corrected chi connectivity index (χ0v) is 11.6. The number of anilines is 1. The summed E-state index contributed by atoms with van der Waals surface area (Å²) in [6, 6.07) is 1.46. The lowest BCUT2D eigenvalue weighted by atomic mass is 10.1. The van der Waals surface area contributed by atoms with Gasteiger partial charge in [-0.1, -0.05) is 0 Å². The number of ether oxygens (including phenoxy) is 1. The Labute approximate surface area is 113 Å². The highest BCUT2D eigenvalue weighted by molar-refractivity contribution is 5.80. The van der Waals surface area contributed by atoms with Crippen LogP contribution in [0, 0.1) is 0 Å². The first-order valence-electron chi connectivity index (χ1n) is 6.43. The van der Waals surface area contributed by atoms with Crippen molar-refractivity contribution in [2.45, 2.75) is 32.4 Å². The van der Waals surface area contributed by atoms with Gasteiger partial charge in [-0.05, 0) is 26.8 Å². The molecule has 6 heteroatoms. The van der Waals surface area contributed by atoms with Crippen LogP contribution in [0.5, 0.6) is 0 Å². The average Bonchev–Trinajstić information content (AvgIpc) is 2.38. The van der Waals surface area contributed by atoms with Crippen molar-refractivity contribution in [1.82, 2.24) is 15.3 Å². The quantitative estimate of drug-likeness (QED) is 0.789. The van der Waals surface area contributed by atoms with Gasteiger partial charge in [-0.2, -0.15) is 0 Å². The number of hydrogen-bond donors (Lipinski definition) is 1. The summed E-state index contributed by atoms with van der Waals surface area (Å²) in [4.78, 5) is 22.3. The van der Waals surface area contributed by atoms with E-state index >= 15 is 0 Å². The molecule has 1 atom stereocenters. The Morgan fingerprint density at radius 3 is 2.95 bits per heavy atom. The van der Waals surface area contributed by atoms with Gasteiger partial charge in [0.25, 0.3) is 0 Å². The summed E-state index contributed by atoms with van der Waals surface area (Å²) in [6.45, 7) is 7.73. The molecule has 1 aromatic rings. The fraction of sp³-hybridized carbons (Fsp3) is 0.615. The first-order chi connectivity index (χ1) is 8.97. The molecule has 0 aliphatic carbocycles. The van der Waals surface area contributed by atoms with E-state index in [0.717, 1.165) is 18.9 Å². The number of carbonyl (C=O) groups is 1. The van der Waals surface area contributed by atoms with E-state index in [4.69, 9.17) is 4.74 Å². The van der Waals surface area contributed by atoms with Crippen molar-refractivity contribution in [3.8, 4) is 0 Å². The molecule has 19 heavy (non-hydrogen) atoms. The van der Waals surface area contributed by atoms with Crippen LogP contribution in [0.25, 0.3) is 0 Å². The fourth-order valence-corrected chi connectivity index (χ4v) is 2.01. The van der Waals surface area contributed by atoms with Gasteiger partial charge in [0.2, 0.25) is 0 Å². The third kappa shape index (κ3) is 3.64. The van der Waals surface area contributed by atoms with E-state index in [1.807, 2.05) is 31.7 Å². The molecule has 0 radical (unpaired) electrons. The highest BCUT2D eigenvalue weighted by Crippen LogP contribution is 2.17. The molecule has 1 N–H and O–H groups in total. The van der Waals surface area contributed by atoms with Crippen molar-refractivity contribution >= 4 is 11.8 Å². The molecule has 6 nitrogen and oxygen atoms in total. The van der Waals surface area contributed by atoms with Gasteiger partial charge in [-0.3, -0.25) is 0 Å². The zero-order valence-electron chi connectivity index (χ0n) is 11.6. The first-order valence-corrected chi connectivity index (χ1v) is 6.43.